The van der Waals surface area contributed by atoms with Crippen LogP contribution in [0.1, 0.15) is 79.9 Å². The number of nitrogens with zero attached hydrogens (tertiary/aromatic N) is 2. The average Bonchev–Trinajstić information content (AvgIpc) is 3.49. The number of rotatable bonds is 5. The molecule has 2 saturated carbocycles. The van der Waals surface area contributed by atoms with Crippen molar-refractivity contribution in [2.45, 2.75) is 70.8 Å². The second-order valence-corrected chi connectivity index (χ2v) is 8.99. The van der Waals surface area contributed by atoms with Crippen LogP contribution in [-0.2, 0) is 0 Å². The lowest BCUT2D eigenvalue weighted by Gasteiger charge is -2.44. The lowest BCUT2D eigenvalue weighted by atomic mass is 9.68. The van der Waals surface area contributed by atoms with Crippen LogP contribution in [0.3, 0.4) is 0 Å². The molecule has 1 N–H and O–H groups in total. The standard InChI is InChI=1S/C22H33N3O2/c1-17-15-20(26)19(16-25(17)18-5-6-18)21(27)23-11-14-24-12-9-22(10-13-24)7-3-2-4-8-22/h15-16,18H,2-14H2,1H3,(H,23,27). The van der Waals surface area contributed by atoms with E-state index in [-0.39, 0.29) is 16.9 Å². The summed E-state index contributed by atoms with van der Waals surface area (Å²) in [4.78, 5) is 27.2. The van der Waals surface area contributed by atoms with Gasteiger partial charge in [0.25, 0.3) is 5.91 Å². The van der Waals surface area contributed by atoms with Crippen molar-refractivity contribution in [1.82, 2.24) is 14.8 Å². The molecule has 3 aliphatic rings. The number of pyridine rings is 1. The van der Waals surface area contributed by atoms with Gasteiger partial charge in [0, 0.05) is 37.1 Å². The number of aromatic nitrogens is 1. The van der Waals surface area contributed by atoms with Crippen molar-refractivity contribution in [3.63, 3.8) is 0 Å². The monoisotopic (exact) mass is 371 g/mol. The highest BCUT2D eigenvalue weighted by Crippen LogP contribution is 2.44. The molecule has 1 aliphatic heterocycles. The highest BCUT2D eigenvalue weighted by atomic mass is 16.2. The molecule has 1 aromatic rings. The van der Waals surface area contributed by atoms with Gasteiger partial charge in [-0.1, -0.05) is 19.3 Å². The van der Waals surface area contributed by atoms with Gasteiger partial charge in [-0.15, -0.1) is 0 Å². The van der Waals surface area contributed by atoms with Crippen LogP contribution in [0.5, 0.6) is 0 Å². The fraction of sp³-hybridized carbons (Fsp3) is 0.727. The van der Waals surface area contributed by atoms with Crippen LogP contribution < -0.4 is 10.7 Å². The van der Waals surface area contributed by atoms with E-state index in [1.54, 1.807) is 12.3 Å². The molecule has 1 aromatic heterocycles. The van der Waals surface area contributed by atoms with Gasteiger partial charge in [0.05, 0.1) is 0 Å². The summed E-state index contributed by atoms with van der Waals surface area (Å²) in [6.07, 6.45) is 13.7. The minimum atomic E-state index is -0.227. The minimum absolute atomic E-state index is 0.167. The lowest BCUT2D eigenvalue weighted by molar-refractivity contribution is 0.0673. The maximum atomic E-state index is 12.5. The molecular weight excluding hydrogens is 338 g/mol. The summed E-state index contributed by atoms with van der Waals surface area (Å²) in [6.45, 7) is 5.73. The topological polar surface area (TPSA) is 54.3 Å². The third kappa shape index (κ3) is 4.29. The predicted molar refractivity (Wildman–Crippen MR) is 107 cm³/mol. The van der Waals surface area contributed by atoms with Crippen LogP contribution in [0, 0.1) is 12.3 Å². The second kappa shape index (κ2) is 7.78. The molecule has 2 heterocycles. The van der Waals surface area contributed by atoms with E-state index in [9.17, 15) is 9.59 Å². The Kier molecular flexibility index (Phi) is 5.40. The van der Waals surface area contributed by atoms with Crippen LogP contribution in [0.2, 0.25) is 0 Å². The quantitative estimate of drug-likeness (QED) is 0.864. The van der Waals surface area contributed by atoms with Gasteiger partial charge in [0.15, 0.2) is 5.43 Å². The van der Waals surface area contributed by atoms with Gasteiger partial charge in [-0.05, 0) is 64.0 Å². The summed E-state index contributed by atoms with van der Waals surface area (Å²) in [6, 6.07) is 2.07. The molecule has 3 fully saturated rings. The summed E-state index contributed by atoms with van der Waals surface area (Å²) in [5, 5.41) is 2.97. The van der Waals surface area contributed by atoms with Gasteiger partial charge in [-0.3, -0.25) is 9.59 Å². The molecule has 1 amide bonds. The predicted octanol–water partition coefficient (Wildman–Crippen LogP) is 3.27. The van der Waals surface area contributed by atoms with E-state index in [2.05, 4.69) is 14.8 Å². The molecule has 0 atom stereocenters. The van der Waals surface area contributed by atoms with Gasteiger partial charge in [-0.25, -0.2) is 0 Å². The smallest absolute Gasteiger partial charge is 0.256 e. The van der Waals surface area contributed by atoms with Crippen molar-refractivity contribution in [2.75, 3.05) is 26.2 Å². The molecule has 0 bridgehead atoms. The molecule has 5 heteroatoms. The van der Waals surface area contributed by atoms with E-state index in [1.807, 2.05) is 6.92 Å². The number of likely N-dealkylation sites (tertiary alicyclic amines) is 1. The third-order valence-electron chi connectivity index (χ3n) is 7.01. The van der Waals surface area contributed by atoms with Crippen molar-refractivity contribution in [2.24, 2.45) is 5.41 Å². The van der Waals surface area contributed by atoms with Crippen LogP contribution in [0.15, 0.2) is 17.1 Å². The number of carbonyl (C=O) groups is 1. The van der Waals surface area contributed by atoms with Crippen LogP contribution >= 0.6 is 0 Å². The van der Waals surface area contributed by atoms with E-state index < -0.39 is 0 Å². The van der Waals surface area contributed by atoms with Crippen molar-refractivity contribution < 1.29 is 4.79 Å². The van der Waals surface area contributed by atoms with Crippen molar-refractivity contribution >= 4 is 5.91 Å². The Labute approximate surface area is 162 Å². The molecule has 0 radical (unpaired) electrons. The first-order valence-corrected chi connectivity index (χ1v) is 10.8. The molecule has 2 aliphatic carbocycles. The summed E-state index contributed by atoms with van der Waals surface area (Å²) in [5.41, 5.74) is 1.68. The Morgan fingerprint density at radius 1 is 1.15 bits per heavy atom. The van der Waals surface area contributed by atoms with Gasteiger partial charge >= 0.3 is 0 Å². The third-order valence-corrected chi connectivity index (χ3v) is 7.01. The summed E-state index contributed by atoms with van der Waals surface area (Å²) in [7, 11) is 0. The zero-order valence-corrected chi connectivity index (χ0v) is 16.6. The largest absolute Gasteiger partial charge is 0.351 e. The second-order valence-electron chi connectivity index (χ2n) is 8.99. The van der Waals surface area contributed by atoms with E-state index in [4.69, 9.17) is 0 Å². The van der Waals surface area contributed by atoms with Crippen LogP contribution in [0.25, 0.3) is 0 Å². The molecule has 1 saturated heterocycles. The molecule has 27 heavy (non-hydrogen) atoms. The fourth-order valence-corrected chi connectivity index (χ4v) is 5.04. The van der Waals surface area contributed by atoms with Gasteiger partial charge in [0.2, 0.25) is 0 Å². The first-order chi connectivity index (χ1) is 13.1. The van der Waals surface area contributed by atoms with Gasteiger partial charge in [-0.2, -0.15) is 0 Å². The molecular formula is C22H33N3O2. The number of nitrogens with one attached hydrogen (secondary N) is 1. The first-order valence-electron chi connectivity index (χ1n) is 10.8. The average molecular weight is 372 g/mol. The molecule has 148 valence electrons. The lowest BCUT2D eigenvalue weighted by Crippen LogP contribution is -2.44. The highest BCUT2D eigenvalue weighted by molar-refractivity contribution is 5.93. The van der Waals surface area contributed by atoms with Crippen molar-refractivity contribution in [3.8, 4) is 0 Å². The van der Waals surface area contributed by atoms with Crippen LogP contribution in [-0.4, -0.2) is 41.6 Å². The number of aryl methyl sites for hydroxylation is 1. The summed E-state index contributed by atoms with van der Waals surface area (Å²) < 4.78 is 2.09. The van der Waals surface area contributed by atoms with E-state index in [0.717, 1.165) is 38.2 Å². The molecule has 0 unspecified atom stereocenters. The summed E-state index contributed by atoms with van der Waals surface area (Å²) in [5.74, 6) is -0.227. The molecule has 0 aromatic carbocycles. The maximum absolute atomic E-state index is 12.5. The number of piperidine rings is 1. The van der Waals surface area contributed by atoms with E-state index in [1.165, 1.54) is 44.9 Å². The number of carbonyl (C=O) groups excluding carboxylic acids is 1. The Morgan fingerprint density at radius 2 is 1.85 bits per heavy atom. The molecule has 5 nitrogen and oxygen atoms in total. The Morgan fingerprint density at radius 3 is 2.52 bits per heavy atom. The Bertz CT molecular complexity index is 734. The highest BCUT2D eigenvalue weighted by Gasteiger charge is 2.35. The van der Waals surface area contributed by atoms with Gasteiger partial charge < -0.3 is 14.8 Å². The van der Waals surface area contributed by atoms with E-state index >= 15 is 0 Å². The SMILES string of the molecule is Cc1cc(=O)c(C(=O)NCCN2CCC3(CCCCC3)CC2)cn1C1CC1. The molecule has 1 spiro atoms. The number of hydrogen-bond donors (Lipinski definition) is 1. The minimum Gasteiger partial charge on any atom is -0.351 e. The Hall–Kier alpha value is -1.62. The normalized spacial score (nSPS) is 22.7. The number of hydrogen-bond acceptors (Lipinski definition) is 3. The van der Waals surface area contributed by atoms with E-state index in [0.29, 0.717) is 18.0 Å². The number of amides is 1. The van der Waals surface area contributed by atoms with Crippen molar-refractivity contribution in [3.05, 3.63) is 33.7 Å². The zero-order chi connectivity index (χ0) is 18.9. The summed E-state index contributed by atoms with van der Waals surface area (Å²) >= 11 is 0. The maximum Gasteiger partial charge on any atom is 0.256 e. The first kappa shape index (κ1) is 18.7. The molecule has 4 rings (SSSR count). The van der Waals surface area contributed by atoms with Gasteiger partial charge in [0.1, 0.15) is 5.56 Å². The zero-order valence-electron chi connectivity index (χ0n) is 16.6. The fourth-order valence-electron chi connectivity index (χ4n) is 5.04. The Balaban J connectivity index is 1.27. The van der Waals surface area contributed by atoms with Crippen molar-refractivity contribution in [1.29, 1.82) is 0 Å². The van der Waals surface area contributed by atoms with Crippen LogP contribution in [0.4, 0.5) is 0 Å².